The lowest BCUT2D eigenvalue weighted by molar-refractivity contribution is 0.275. The molecule has 1 saturated heterocycles. The summed E-state index contributed by atoms with van der Waals surface area (Å²) in [5, 5.41) is 8.71. The molecule has 0 atom stereocenters. The SMILES string of the molecule is CCCCCOc1ccc(N(CCCN)C(=N)N2CCC(C)CC2)cc1. The molecule has 0 spiro atoms. The lowest BCUT2D eigenvalue weighted by Crippen LogP contribution is -2.47. The van der Waals surface area contributed by atoms with Crippen molar-refractivity contribution in [2.24, 2.45) is 11.7 Å². The van der Waals surface area contributed by atoms with Gasteiger partial charge in [0.25, 0.3) is 0 Å². The quantitative estimate of drug-likeness (QED) is 0.396. The molecule has 0 aromatic heterocycles. The second-order valence-corrected chi connectivity index (χ2v) is 7.34. The molecule has 0 unspecified atom stereocenters. The number of hydrogen-bond donors (Lipinski definition) is 2. The summed E-state index contributed by atoms with van der Waals surface area (Å²) in [5.41, 5.74) is 6.77. The van der Waals surface area contributed by atoms with Gasteiger partial charge in [-0.25, -0.2) is 0 Å². The zero-order chi connectivity index (χ0) is 18.8. The molecule has 1 aromatic carbocycles. The van der Waals surface area contributed by atoms with E-state index in [0.717, 1.165) is 69.3 Å². The summed E-state index contributed by atoms with van der Waals surface area (Å²) in [5.74, 6) is 2.27. The summed E-state index contributed by atoms with van der Waals surface area (Å²) >= 11 is 0. The fraction of sp³-hybridized carbons (Fsp3) is 0.667. The van der Waals surface area contributed by atoms with Gasteiger partial charge in [-0.1, -0.05) is 26.7 Å². The Hall–Kier alpha value is -1.75. The van der Waals surface area contributed by atoms with Crippen LogP contribution < -0.4 is 15.4 Å². The highest BCUT2D eigenvalue weighted by atomic mass is 16.5. The normalized spacial score (nSPS) is 15.1. The van der Waals surface area contributed by atoms with E-state index in [2.05, 4.69) is 35.8 Å². The Morgan fingerprint density at radius 1 is 1.19 bits per heavy atom. The van der Waals surface area contributed by atoms with Gasteiger partial charge in [0.15, 0.2) is 5.96 Å². The van der Waals surface area contributed by atoms with E-state index in [1.165, 1.54) is 12.8 Å². The van der Waals surface area contributed by atoms with Gasteiger partial charge in [-0.3, -0.25) is 5.41 Å². The number of benzene rings is 1. The second kappa shape index (κ2) is 11.1. The predicted molar refractivity (Wildman–Crippen MR) is 110 cm³/mol. The molecule has 5 heteroatoms. The summed E-state index contributed by atoms with van der Waals surface area (Å²) in [6, 6.07) is 8.16. The molecule has 0 saturated carbocycles. The number of unbranched alkanes of at least 4 members (excludes halogenated alkanes) is 2. The van der Waals surface area contributed by atoms with Gasteiger partial charge in [0.2, 0.25) is 0 Å². The first-order valence-electron chi connectivity index (χ1n) is 10.2. The van der Waals surface area contributed by atoms with Crippen molar-refractivity contribution in [2.75, 3.05) is 37.7 Å². The Kier molecular flexibility index (Phi) is 8.75. The van der Waals surface area contributed by atoms with Crippen molar-refractivity contribution < 1.29 is 4.74 Å². The third kappa shape index (κ3) is 6.20. The predicted octanol–water partition coefficient (Wildman–Crippen LogP) is 4.08. The summed E-state index contributed by atoms with van der Waals surface area (Å²) in [7, 11) is 0. The van der Waals surface area contributed by atoms with Gasteiger partial charge >= 0.3 is 0 Å². The van der Waals surface area contributed by atoms with Crippen LogP contribution in [0.4, 0.5) is 5.69 Å². The van der Waals surface area contributed by atoms with E-state index in [1.54, 1.807) is 0 Å². The number of nitrogens with two attached hydrogens (primary N) is 1. The number of piperidine rings is 1. The van der Waals surface area contributed by atoms with Crippen LogP contribution in [0.25, 0.3) is 0 Å². The fourth-order valence-electron chi connectivity index (χ4n) is 3.26. The average molecular weight is 361 g/mol. The Labute approximate surface area is 159 Å². The van der Waals surface area contributed by atoms with Crippen molar-refractivity contribution in [3.05, 3.63) is 24.3 Å². The molecule has 5 nitrogen and oxygen atoms in total. The van der Waals surface area contributed by atoms with Crippen LogP contribution in [0.2, 0.25) is 0 Å². The summed E-state index contributed by atoms with van der Waals surface area (Å²) in [6.07, 6.45) is 6.71. The molecule has 3 N–H and O–H groups in total. The maximum atomic E-state index is 8.71. The molecule has 1 fully saturated rings. The number of hydrogen-bond acceptors (Lipinski definition) is 3. The van der Waals surface area contributed by atoms with Crippen LogP contribution in [0.3, 0.4) is 0 Å². The molecular weight excluding hydrogens is 324 g/mol. The Bertz CT molecular complexity index is 523. The van der Waals surface area contributed by atoms with Gasteiger partial charge in [0, 0.05) is 25.3 Å². The van der Waals surface area contributed by atoms with E-state index >= 15 is 0 Å². The van der Waals surface area contributed by atoms with Crippen molar-refractivity contribution in [3.8, 4) is 5.75 Å². The Morgan fingerprint density at radius 2 is 1.88 bits per heavy atom. The molecule has 0 amide bonds. The van der Waals surface area contributed by atoms with E-state index in [-0.39, 0.29) is 0 Å². The van der Waals surface area contributed by atoms with Crippen molar-refractivity contribution in [3.63, 3.8) is 0 Å². The highest BCUT2D eigenvalue weighted by Crippen LogP contribution is 2.23. The molecule has 146 valence electrons. The number of nitrogens with zero attached hydrogens (tertiary/aromatic N) is 2. The monoisotopic (exact) mass is 360 g/mol. The minimum absolute atomic E-state index is 0.599. The van der Waals surface area contributed by atoms with Crippen LogP contribution in [-0.4, -0.2) is 43.6 Å². The van der Waals surface area contributed by atoms with Gasteiger partial charge in [-0.05, 0) is 62.4 Å². The minimum Gasteiger partial charge on any atom is -0.494 e. The number of rotatable bonds is 9. The molecule has 0 bridgehead atoms. The first kappa shape index (κ1) is 20.6. The van der Waals surface area contributed by atoms with Gasteiger partial charge in [-0.15, -0.1) is 0 Å². The number of nitrogens with one attached hydrogen (secondary N) is 1. The lowest BCUT2D eigenvalue weighted by atomic mass is 9.99. The topological polar surface area (TPSA) is 65.6 Å². The molecule has 1 heterocycles. The standard InChI is InChI=1S/C21H36N4O/c1-3-4-5-17-26-20-9-7-19(8-10-20)25(14-6-13-22)21(23)24-15-11-18(2)12-16-24/h7-10,18,23H,3-6,11-17,22H2,1-2H3. The lowest BCUT2D eigenvalue weighted by Gasteiger charge is -2.37. The molecule has 26 heavy (non-hydrogen) atoms. The largest absolute Gasteiger partial charge is 0.494 e. The molecule has 1 aromatic rings. The van der Waals surface area contributed by atoms with E-state index < -0.39 is 0 Å². The van der Waals surface area contributed by atoms with E-state index in [0.29, 0.717) is 12.5 Å². The molecule has 2 rings (SSSR count). The van der Waals surface area contributed by atoms with E-state index in [4.69, 9.17) is 15.9 Å². The molecule has 0 radical (unpaired) electrons. The maximum absolute atomic E-state index is 8.71. The number of guanidine groups is 1. The molecule has 1 aliphatic rings. The van der Waals surface area contributed by atoms with Gasteiger partial charge in [0.1, 0.15) is 5.75 Å². The van der Waals surface area contributed by atoms with Crippen molar-refractivity contribution in [2.45, 2.75) is 52.4 Å². The maximum Gasteiger partial charge on any atom is 0.198 e. The highest BCUT2D eigenvalue weighted by Gasteiger charge is 2.22. The van der Waals surface area contributed by atoms with Crippen LogP contribution >= 0.6 is 0 Å². The zero-order valence-corrected chi connectivity index (χ0v) is 16.5. The summed E-state index contributed by atoms with van der Waals surface area (Å²) in [4.78, 5) is 4.29. The molecular formula is C21H36N4O. The Morgan fingerprint density at radius 3 is 2.50 bits per heavy atom. The van der Waals surface area contributed by atoms with Crippen LogP contribution in [-0.2, 0) is 0 Å². The average Bonchev–Trinajstić information content (AvgIpc) is 2.67. The second-order valence-electron chi connectivity index (χ2n) is 7.34. The number of anilines is 1. The van der Waals surface area contributed by atoms with Gasteiger partial charge in [-0.2, -0.15) is 0 Å². The van der Waals surface area contributed by atoms with Crippen molar-refractivity contribution in [1.82, 2.24) is 4.90 Å². The third-order valence-corrected chi connectivity index (χ3v) is 5.09. The third-order valence-electron chi connectivity index (χ3n) is 5.09. The van der Waals surface area contributed by atoms with Gasteiger partial charge in [0.05, 0.1) is 6.61 Å². The first-order valence-corrected chi connectivity index (χ1v) is 10.2. The van der Waals surface area contributed by atoms with Crippen molar-refractivity contribution in [1.29, 1.82) is 5.41 Å². The van der Waals surface area contributed by atoms with E-state index in [1.807, 2.05) is 12.1 Å². The highest BCUT2D eigenvalue weighted by molar-refractivity contribution is 5.93. The van der Waals surface area contributed by atoms with Crippen LogP contribution in [0, 0.1) is 11.3 Å². The van der Waals surface area contributed by atoms with Crippen LogP contribution in [0.15, 0.2) is 24.3 Å². The zero-order valence-electron chi connectivity index (χ0n) is 16.5. The fourth-order valence-corrected chi connectivity index (χ4v) is 3.26. The summed E-state index contributed by atoms with van der Waals surface area (Å²) in [6.45, 7) is 8.62. The molecule has 0 aliphatic carbocycles. The van der Waals surface area contributed by atoms with Crippen LogP contribution in [0.5, 0.6) is 5.75 Å². The first-order chi connectivity index (χ1) is 12.7. The van der Waals surface area contributed by atoms with Crippen LogP contribution in [0.1, 0.15) is 52.4 Å². The van der Waals surface area contributed by atoms with E-state index in [9.17, 15) is 0 Å². The number of ether oxygens (including phenoxy) is 1. The Balaban J connectivity index is 1.99. The summed E-state index contributed by atoms with van der Waals surface area (Å²) < 4.78 is 5.81. The smallest absolute Gasteiger partial charge is 0.198 e. The van der Waals surface area contributed by atoms with Gasteiger partial charge < -0.3 is 20.3 Å². The minimum atomic E-state index is 0.599. The molecule has 1 aliphatic heterocycles. The number of likely N-dealkylation sites (tertiary alicyclic amines) is 1. The van der Waals surface area contributed by atoms with Crippen molar-refractivity contribution >= 4 is 11.6 Å².